The van der Waals surface area contributed by atoms with Crippen LogP contribution in [0.4, 0.5) is 0 Å². The molecular formula is C17H18O7S. The minimum absolute atomic E-state index is 0.112. The summed E-state index contributed by atoms with van der Waals surface area (Å²) in [6, 6.07) is 9.84. The standard InChI is InChI=1S/C17H18O7S/c1-11-2-5-14(6-3-11)25(22,23)10-12(18)9-24-13-4-7-15(17(20)21)16(19)8-13/h2-8,12,18-19H,9-10H2,1H3,(H,20,21). The van der Waals surface area contributed by atoms with Gasteiger partial charge in [-0.2, -0.15) is 0 Å². The number of carboxylic acid groups (broad SMARTS) is 1. The summed E-state index contributed by atoms with van der Waals surface area (Å²) in [6.45, 7) is 1.51. The van der Waals surface area contributed by atoms with Crippen molar-refractivity contribution in [2.45, 2.75) is 17.9 Å². The first kappa shape index (κ1) is 18.8. The van der Waals surface area contributed by atoms with E-state index in [9.17, 15) is 23.4 Å². The van der Waals surface area contributed by atoms with Gasteiger partial charge in [-0.3, -0.25) is 0 Å². The molecule has 0 amide bonds. The monoisotopic (exact) mass is 366 g/mol. The third kappa shape index (κ3) is 4.94. The van der Waals surface area contributed by atoms with E-state index in [0.29, 0.717) is 0 Å². The second kappa shape index (κ2) is 7.54. The average Bonchev–Trinajstić information content (AvgIpc) is 2.52. The molecule has 0 saturated carbocycles. The summed E-state index contributed by atoms with van der Waals surface area (Å²) in [5, 5.41) is 28.3. The molecule has 1 unspecified atom stereocenters. The van der Waals surface area contributed by atoms with Gasteiger partial charge in [0.25, 0.3) is 0 Å². The Morgan fingerprint density at radius 2 is 1.80 bits per heavy atom. The minimum atomic E-state index is -3.66. The fraction of sp³-hybridized carbons (Fsp3) is 0.235. The van der Waals surface area contributed by atoms with E-state index in [1.54, 1.807) is 12.1 Å². The predicted molar refractivity (Wildman–Crippen MR) is 89.8 cm³/mol. The molecule has 3 N–H and O–H groups in total. The van der Waals surface area contributed by atoms with Crippen LogP contribution in [-0.4, -0.2) is 48.2 Å². The van der Waals surface area contributed by atoms with Gasteiger partial charge in [-0.05, 0) is 31.2 Å². The van der Waals surface area contributed by atoms with Crippen molar-refractivity contribution in [1.29, 1.82) is 0 Å². The van der Waals surface area contributed by atoms with E-state index < -0.39 is 33.4 Å². The van der Waals surface area contributed by atoms with Crippen LogP contribution in [0.15, 0.2) is 47.4 Å². The highest BCUT2D eigenvalue weighted by molar-refractivity contribution is 7.91. The van der Waals surface area contributed by atoms with Gasteiger partial charge in [0.15, 0.2) is 9.84 Å². The summed E-state index contributed by atoms with van der Waals surface area (Å²) in [6.07, 6.45) is -1.28. The Balaban J connectivity index is 1.98. The molecule has 0 aliphatic heterocycles. The van der Waals surface area contributed by atoms with Crippen LogP contribution in [0.3, 0.4) is 0 Å². The lowest BCUT2D eigenvalue weighted by Crippen LogP contribution is -2.27. The first-order valence-electron chi connectivity index (χ1n) is 7.35. The van der Waals surface area contributed by atoms with Gasteiger partial charge < -0.3 is 20.1 Å². The van der Waals surface area contributed by atoms with Crippen LogP contribution in [0, 0.1) is 6.92 Å². The highest BCUT2D eigenvalue weighted by atomic mass is 32.2. The lowest BCUT2D eigenvalue weighted by atomic mass is 10.2. The summed E-state index contributed by atoms with van der Waals surface area (Å²) in [5.74, 6) is -2.16. The molecule has 134 valence electrons. The van der Waals surface area contributed by atoms with Gasteiger partial charge in [0, 0.05) is 6.07 Å². The number of carboxylic acids is 1. The van der Waals surface area contributed by atoms with Crippen LogP contribution < -0.4 is 4.74 Å². The van der Waals surface area contributed by atoms with Crippen molar-refractivity contribution in [1.82, 2.24) is 0 Å². The maximum atomic E-state index is 12.2. The smallest absolute Gasteiger partial charge is 0.339 e. The topological polar surface area (TPSA) is 121 Å². The number of aromatic hydroxyl groups is 1. The van der Waals surface area contributed by atoms with Crippen molar-refractivity contribution in [3.8, 4) is 11.5 Å². The van der Waals surface area contributed by atoms with Gasteiger partial charge in [-0.25, -0.2) is 13.2 Å². The Kier molecular flexibility index (Phi) is 5.66. The Morgan fingerprint density at radius 1 is 1.16 bits per heavy atom. The molecule has 0 radical (unpaired) electrons. The molecule has 0 spiro atoms. The van der Waals surface area contributed by atoms with Crippen LogP contribution in [0.25, 0.3) is 0 Å². The van der Waals surface area contributed by atoms with Gasteiger partial charge in [0.05, 0.1) is 10.6 Å². The second-order valence-electron chi connectivity index (χ2n) is 5.54. The van der Waals surface area contributed by atoms with E-state index in [4.69, 9.17) is 9.84 Å². The predicted octanol–water partition coefficient (Wildman–Crippen LogP) is 1.61. The van der Waals surface area contributed by atoms with Gasteiger partial charge >= 0.3 is 5.97 Å². The number of aliphatic hydroxyl groups is 1. The van der Waals surface area contributed by atoms with Crippen LogP contribution in [0.1, 0.15) is 15.9 Å². The molecule has 0 fully saturated rings. The molecule has 25 heavy (non-hydrogen) atoms. The number of benzene rings is 2. The van der Waals surface area contributed by atoms with E-state index in [2.05, 4.69) is 0 Å². The maximum Gasteiger partial charge on any atom is 0.339 e. The van der Waals surface area contributed by atoms with Crippen LogP contribution in [-0.2, 0) is 9.84 Å². The number of ether oxygens (including phenoxy) is 1. The Morgan fingerprint density at radius 3 is 2.36 bits per heavy atom. The zero-order valence-electron chi connectivity index (χ0n) is 13.4. The first-order valence-corrected chi connectivity index (χ1v) is 9.01. The molecule has 1 atom stereocenters. The molecule has 0 saturated heterocycles. The number of aromatic carboxylic acids is 1. The first-order chi connectivity index (χ1) is 11.7. The van der Waals surface area contributed by atoms with Gasteiger partial charge in [-0.15, -0.1) is 0 Å². The lowest BCUT2D eigenvalue weighted by Gasteiger charge is -2.13. The number of aryl methyl sites for hydroxylation is 1. The van der Waals surface area contributed by atoms with Crippen LogP contribution in [0.2, 0.25) is 0 Å². The summed E-state index contributed by atoms with van der Waals surface area (Å²) >= 11 is 0. The summed E-state index contributed by atoms with van der Waals surface area (Å²) in [5.41, 5.74) is 0.641. The van der Waals surface area contributed by atoms with Gasteiger partial charge in [-0.1, -0.05) is 17.7 Å². The number of carbonyl (C=O) groups is 1. The van der Waals surface area contributed by atoms with E-state index in [1.807, 2.05) is 6.92 Å². The molecule has 7 nitrogen and oxygen atoms in total. The van der Waals surface area contributed by atoms with Crippen molar-refractivity contribution in [3.05, 3.63) is 53.6 Å². The molecule has 0 heterocycles. The zero-order valence-corrected chi connectivity index (χ0v) is 14.2. The molecule has 2 aromatic carbocycles. The molecule has 2 rings (SSSR count). The minimum Gasteiger partial charge on any atom is -0.507 e. The van der Waals surface area contributed by atoms with E-state index >= 15 is 0 Å². The third-order valence-electron chi connectivity index (χ3n) is 3.43. The molecule has 0 aromatic heterocycles. The molecular weight excluding hydrogens is 348 g/mol. The highest BCUT2D eigenvalue weighted by Gasteiger charge is 2.20. The molecule has 0 bridgehead atoms. The maximum absolute atomic E-state index is 12.2. The van der Waals surface area contributed by atoms with Crippen molar-refractivity contribution < 1.29 is 33.3 Å². The number of sulfone groups is 1. The fourth-order valence-electron chi connectivity index (χ4n) is 2.12. The van der Waals surface area contributed by atoms with Crippen LogP contribution >= 0.6 is 0 Å². The van der Waals surface area contributed by atoms with Gasteiger partial charge in [0.1, 0.15) is 29.8 Å². The Labute approximate surface area is 145 Å². The van der Waals surface area contributed by atoms with E-state index in [1.165, 1.54) is 18.2 Å². The summed E-state index contributed by atoms with van der Waals surface area (Å²) < 4.78 is 29.7. The third-order valence-corrected chi connectivity index (χ3v) is 5.25. The van der Waals surface area contributed by atoms with Crippen molar-refractivity contribution in [2.75, 3.05) is 12.4 Å². The highest BCUT2D eigenvalue weighted by Crippen LogP contribution is 2.23. The largest absolute Gasteiger partial charge is 0.507 e. The quantitative estimate of drug-likeness (QED) is 0.680. The normalized spacial score (nSPS) is 12.6. The van der Waals surface area contributed by atoms with E-state index in [0.717, 1.165) is 17.7 Å². The van der Waals surface area contributed by atoms with Crippen LogP contribution in [0.5, 0.6) is 11.5 Å². The van der Waals surface area contributed by atoms with Crippen molar-refractivity contribution >= 4 is 15.8 Å². The fourth-order valence-corrected chi connectivity index (χ4v) is 3.46. The second-order valence-corrected chi connectivity index (χ2v) is 7.58. The summed E-state index contributed by atoms with van der Waals surface area (Å²) in [7, 11) is -3.66. The molecule has 8 heteroatoms. The summed E-state index contributed by atoms with van der Waals surface area (Å²) in [4.78, 5) is 10.9. The Hall–Kier alpha value is -2.58. The van der Waals surface area contributed by atoms with E-state index in [-0.39, 0.29) is 22.8 Å². The Bertz CT molecular complexity index is 857. The molecule has 0 aliphatic carbocycles. The number of rotatable bonds is 7. The molecule has 2 aromatic rings. The van der Waals surface area contributed by atoms with Crippen molar-refractivity contribution in [3.63, 3.8) is 0 Å². The number of hydrogen-bond donors (Lipinski definition) is 3. The number of phenols is 1. The zero-order chi connectivity index (χ0) is 18.6. The lowest BCUT2D eigenvalue weighted by molar-refractivity contribution is 0.0693. The van der Waals surface area contributed by atoms with Gasteiger partial charge in [0.2, 0.25) is 0 Å². The average molecular weight is 366 g/mol. The number of aliphatic hydroxyl groups excluding tert-OH is 1. The SMILES string of the molecule is Cc1ccc(S(=O)(=O)CC(O)COc2ccc(C(=O)O)c(O)c2)cc1. The van der Waals surface area contributed by atoms with Crippen molar-refractivity contribution in [2.24, 2.45) is 0 Å². The molecule has 0 aliphatic rings. The number of hydrogen-bond acceptors (Lipinski definition) is 6.